The summed E-state index contributed by atoms with van der Waals surface area (Å²) in [5, 5.41) is 27.2. The third kappa shape index (κ3) is 4.16. The molecule has 0 radical (unpaired) electrons. The van der Waals surface area contributed by atoms with Gasteiger partial charge in [-0.05, 0) is 12.1 Å². The number of aryl methyl sites for hydroxylation is 1. The maximum absolute atomic E-state index is 8.47. The molecule has 3 rings (SSSR count). The van der Waals surface area contributed by atoms with Gasteiger partial charge < -0.3 is 14.8 Å². The first-order chi connectivity index (χ1) is 9.25. The normalized spacial score (nSPS) is 10.5. The smallest absolute Gasteiger partial charge is 0.153 e. The van der Waals surface area contributed by atoms with Crippen molar-refractivity contribution in [3.63, 3.8) is 0 Å². The van der Waals surface area contributed by atoms with Gasteiger partial charge >= 0.3 is 0 Å². The van der Waals surface area contributed by atoms with E-state index in [2.05, 4.69) is 20.4 Å². The number of hydrogen-bond acceptors (Lipinski definition) is 5. The fraction of sp³-hybridized carbons (Fsp3) is 0.250. The lowest BCUT2D eigenvalue weighted by Gasteiger charge is -2.02. The highest BCUT2D eigenvalue weighted by atomic mass is 16.5. The Kier molecular flexibility index (Phi) is 4.60. The van der Waals surface area contributed by atoms with Gasteiger partial charge in [-0.3, -0.25) is 0 Å². The van der Waals surface area contributed by atoms with E-state index in [0.717, 1.165) is 11.0 Å². The average Bonchev–Trinajstić information content (AvgIpc) is 3.08. The van der Waals surface area contributed by atoms with E-state index in [-0.39, 0.29) is 0 Å². The number of nitrogens with one attached hydrogen (secondary N) is 1. The number of aromatic nitrogens is 5. The fourth-order valence-electron chi connectivity index (χ4n) is 1.47. The molecule has 0 fully saturated rings. The standard InChI is InChI=1S/C6H5N3.C6H10N2O2/c1-2-4-6-5(3-1)7-9-8-6;9-6(10)1-3-8-4-2-7-5-8/h1-4H,(H,7,8,9);2,4-6,9-10H,1,3H2. The van der Waals surface area contributed by atoms with Crippen LogP contribution in [0.4, 0.5) is 0 Å². The van der Waals surface area contributed by atoms with E-state index in [4.69, 9.17) is 10.2 Å². The molecule has 19 heavy (non-hydrogen) atoms. The molecule has 0 bridgehead atoms. The number of imidazole rings is 1. The predicted octanol–water partition coefficient (Wildman–Crippen LogP) is 0.542. The number of rotatable bonds is 3. The van der Waals surface area contributed by atoms with Crippen LogP contribution in [0.2, 0.25) is 0 Å². The van der Waals surface area contributed by atoms with E-state index >= 15 is 0 Å². The summed E-state index contributed by atoms with van der Waals surface area (Å²) in [5.74, 6) is 0. The summed E-state index contributed by atoms with van der Waals surface area (Å²) in [6, 6.07) is 7.70. The summed E-state index contributed by atoms with van der Waals surface area (Å²) in [6.07, 6.45) is 4.20. The minimum atomic E-state index is -1.22. The van der Waals surface area contributed by atoms with E-state index in [1.54, 1.807) is 23.3 Å². The molecule has 0 saturated heterocycles. The van der Waals surface area contributed by atoms with Crippen molar-refractivity contribution in [1.82, 2.24) is 25.0 Å². The molecule has 0 spiro atoms. The van der Waals surface area contributed by atoms with Gasteiger partial charge in [0.15, 0.2) is 6.29 Å². The lowest BCUT2D eigenvalue weighted by atomic mass is 10.3. The number of benzene rings is 1. The van der Waals surface area contributed by atoms with Crippen LogP contribution in [0.25, 0.3) is 11.0 Å². The molecule has 100 valence electrons. The zero-order valence-corrected chi connectivity index (χ0v) is 10.2. The van der Waals surface area contributed by atoms with Crippen LogP contribution < -0.4 is 0 Å². The Morgan fingerprint density at radius 1 is 1.16 bits per heavy atom. The van der Waals surface area contributed by atoms with Crippen molar-refractivity contribution in [2.24, 2.45) is 0 Å². The van der Waals surface area contributed by atoms with E-state index in [1.807, 2.05) is 24.3 Å². The van der Waals surface area contributed by atoms with Crippen molar-refractivity contribution >= 4 is 11.0 Å². The Morgan fingerprint density at radius 2 is 1.84 bits per heavy atom. The zero-order valence-electron chi connectivity index (χ0n) is 10.2. The van der Waals surface area contributed by atoms with Crippen LogP contribution in [-0.4, -0.2) is 41.5 Å². The van der Waals surface area contributed by atoms with Crippen LogP contribution in [0.15, 0.2) is 43.0 Å². The summed E-state index contributed by atoms with van der Waals surface area (Å²) in [6.45, 7) is 0.595. The van der Waals surface area contributed by atoms with Crippen LogP contribution in [0.3, 0.4) is 0 Å². The van der Waals surface area contributed by atoms with E-state index < -0.39 is 6.29 Å². The molecule has 2 aromatic heterocycles. The number of aromatic amines is 1. The highest BCUT2D eigenvalue weighted by Gasteiger charge is 1.96. The Balaban J connectivity index is 0.000000141. The molecule has 0 saturated carbocycles. The van der Waals surface area contributed by atoms with Crippen LogP contribution in [-0.2, 0) is 6.54 Å². The summed E-state index contributed by atoms with van der Waals surface area (Å²) in [5.41, 5.74) is 1.83. The highest BCUT2D eigenvalue weighted by Crippen LogP contribution is 2.03. The third-order valence-corrected chi connectivity index (χ3v) is 2.43. The highest BCUT2D eigenvalue weighted by molar-refractivity contribution is 5.72. The van der Waals surface area contributed by atoms with Crippen molar-refractivity contribution in [3.8, 4) is 0 Å². The molecule has 3 aromatic rings. The number of H-pyrrole nitrogens is 1. The summed E-state index contributed by atoms with van der Waals surface area (Å²) in [7, 11) is 0. The monoisotopic (exact) mass is 261 g/mol. The zero-order chi connectivity index (χ0) is 13.5. The van der Waals surface area contributed by atoms with Gasteiger partial charge in [0.05, 0.1) is 6.33 Å². The van der Waals surface area contributed by atoms with E-state index in [9.17, 15) is 0 Å². The largest absolute Gasteiger partial charge is 0.368 e. The molecular weight excluding hydrogens is 246 g/mol. The van der Waals surface area contributed by atoms with Crippen LogP contribution in [0, 0.1) is 0 Å². The first-order valence-electron chi connectivity index (χ1n) is 5.83. The SMILES string of the molecule is OC(O)CCn1ccnc1.c1ccc2n[nH]nc2c1. The van der Waals surface area contributed by atoms with Crippen molar-refractivity contribution < 1.29 is 10.2 Å². The van der Waals surface area contributed by atoms with Crippen molar-refractivity contribution in [1.29, 1.82) is 0 Å². The van der Waals surface area contributed by atoms with Gasteiger partial charge in [0.25, 0.3) is 0 Å². The summed E-state index contributed by atoms with van der Waals surface area (Å²) < 4.78 is 1.79. The molecule has 3 N–H and O–H groups in total. The van der Waals surface area contributed by atoms with Gasteiger partial charge in [-0.2, -0.15) is 15.4 Å². The fourth-order valence-corrected chi connectivity index (χ4v) is 1.47. The molecule has 7 nitrogen and oxygen atoms in total. The van der Waals surface area contributed by atoms with E-state index in [1.165, 1.54) is 0 Å². The number of aliphatic hydroxyl groups is 2. The maximum atomic E-state index is 8.47. The van der Waals surface area contributed by atoms with E-state index in [0.29, 0.717) is 13.0 Å². The number of aliphatic hydroxyl groups excluding tert-OH is 1. The topological polar surface area (TPSA) is 99.9 Å². The van der Waals surface area contributed by atoms with Gasteiger partial charge in [0.1, 0.15) is 11.0 Å². The second-order valence-corrected chi connectivity index (χ2v) is 3.88. The lowest BCUT2D eigenvalue weighted by Crippen LogP contribution is -2.08. The van der Waals surface area contributed by atoms with Crippen molar-refractivity contribution in [3.05, 3.63) is 43.0 Å². The molecule has 2 heterocycles. The molecule has 0 aliphatic heterocycles. The molecule has 0 aliphatic rings. The van der Waals surface area contributed by atoms with Gasteiger partial charge in [-0.25, -0.2) is 4.98 Å². The first-order valence-corrected chi connectivity index (χ1v) is 5.83. The molecule has 0 atom stereocenters. The number of nitrogens with zero attached hydrogens (tertiary/aromatic N) is 4. The minimum absolute atomic E-state index is 0.344. The quantitative estimate of drug-likeness (QED) is 0.598. The summed E-state index contributed by atoms with van der Waals surface area (Å²) in [4.78, 5) is 3.80. The maximum Gasteiger partial charge on any atom is 0.153 e. The Morgan fingerprint density at radius 3 is 2.37 bits per heavy atom. The van der Waals surface area contributed by atoms with Crippen LogP contribution in [0.5, 0.6) is 0 Å². The molecular formula is C12H15N5O2. The van der Waals surface area contributed by atoms with Crippen LogP contribution in [0.1, 0.15) is 6.42 Å². The Bertz CT molecular complexity index is 561. The average molecular weight is 261 g/mol. The van der Waals surface area contributed by atoms with Crippen LogP contribution >= 0.6 is 0 Å². The molecule has 1 aromatic carbocycles. The number of hydrogen-bond donors (Lipinski definition) is 3. The Labute approximate surface area is 109 Å². The Hall–Kier alpha value is -2.25. The third-order valence-electron chi connectivity index (χ3n) is 2.43. The predicted molar refractivity (Wildman–Crippen MR) is 69.0 cm³/mol. The lowest BCUT2D eigenvalue weighted by molar-refractivity contribution is -0.0477. The van der Waals surface area contributed by atoms with Gasteiger partial charge in [-0.15, -0.1) is 0 Å². The first kappa shape index (κ1) is 13.2. The van der Waals surface area contributed by atoms with Gasteiger partial charge in [-0.1, -0.05) is 12.1 Å². The molecule has 0 unspecified atom stereocenters. The van der Waals surface area contributed by atoms with Crippen molar-refractivity contribution in [2.75, 3.05) is 0 Å². The van der Waals surface area contributed by atoms with Gasteiger partial charge in [0.2, 0.25) is 0 Å². The second-order valence-electron chi connectivity index (χ2n) is 3.88. The van der Waals surface area contributed by atoms with Gasteiger partial charge in [0, 0.05) is 25.4 Å². The number of para-hydroxylation sites is 2. The molecule has 0 aliphatic carbocycles. The second kappa shape index (κ2) is 6.62. The number of fused-ring (bicyclic) bond motifs is 1. The molecule has 7 heteroatoms. The minimum Gasteiger partial charge on any atom is -0.368 e. The van der Waals surface area contributed by atoms with Crippen molar-refractivity contribution in [2.45, 2.75) is 19.3 Å². The summed E-state index contributed by atoms with van der Waals surface area (Å²) >= 11 is 0. The molecule has 0 amide bonds.